The Morgan fingerprint density at radius 1 is 1.03 bits per heavy atom. The van der Waals surface area contributed by atoms with Gasteiger partial charge >= 0.3 is 5.69 Å². The molecule has 0 aliphatic heterocycles. The second-order valence-corrected chi connectivity index (χ2v) is 8.06. The van der Waals surface area contributed by atoms with Crippen molar-refractivity contribution in [3.05, 3.63) is 58.1 Å². The number of hydrogen-bond donors (Lipinski definition) is 1. The van der Waals surface area contributed by atoms with Crippen LogP contribution in [0.3, 0.4) is 0 Å². The molecule has 0 bridgehead atoms. The summed E-state index contributed by atoms with van der Waals surface area (Å²) in [6.07, 6.45) is 0. The SMILES string of the molecule is COc1ccc(CN(C(=O)COc2ccc([N+](=O)[O-])c(OC)c2)[C@@H](C)C(=O)NCC(C)C)cc1. The number of amides is 2. The van der Waals surface area contributed by atoms with Gasteiger partial charge in [-0.2, -0.15) is 0 Å². The molecule has 0 heterocycles. The zero-order valence-electron chi connectivity index (χ0n) is 20.1. The van der Waals surface area contributed by atoms with Crippen molar-refractivity contribution in [2.75, 3.05) is 27.4 Å². The number of methoxy groups -OCH3 is 2. The van der Waals surface area contributed by atoms with Crippen LogP contribution in [0.1, 0.15) is 26.3 Å². The molecule has 0 radical (unpaired) electrons. The van der Waals surface area contributed by atoms with Crippen molar-refractivity contribution in [3.63, 3.8) is 0 Å². The number of nitro groups is 1. The molecule has 2 aromatic rings. The Hall–Kier alpha value is -3.82. The monoisotopic (exact) mass is 473 g/mol. The van der Waals surface area contributed by atoms with Crippen LogP contribution in [0.5, 0.6) is 17.2 Å². The van der Waals surface area contributed by atoms with Crippen LogP contribution >= 0.6 is 0 Å². The number of nitrogens with zero attached hydrogens (tertiary/aromatic N) is 2. The lowest BCUT2D eigenvalue weighted by molar-refractivity contribution is -0.385. The highest BCUT2D eigenvalue weighted by Gasteiger charge is 2.27. The number of carbonyl (C=O) groups is 2. The van der Waals surface area contributed by atoms with E-state index < -0.39 is 16.9 Å². The second kappa shape index (κ2) is 12.4. The molecule has 1 N–H and O–H groups in total. The summed E-state index contributed by atoms with van der Waals surface area (Å²) in [5.74, 6) is 0.513. The van der Waals surface area contributed by atoms with E-state index in [4.69, 9.17) is 14.2 Å². The number of ether oxygens (including phenoxy) is 3. The van der Waals surface area contributed by atoms with Crippen molar-refractivity contribution in [2.24, 2.45) is 5.92 Å². The Morgan fingerprint density at radius 3 is 2.24 bits per heavy atom. The van der Waals surface area contributed by atoms with E-state index in [2.05, 4.69) is 5.32 Å². The van der Waals surface area contributed by atoms with Crippen LogP contribution in [-0.2, 0) is 16.1 Å². The van der Waals surface area contributed by atoms with Crippen LogP contribution < -0.4 is 19.5 Å². The number of rotatable bonds is 12. The lowest BCUT2D eigenvalue weighted by atomic mass is 10.1. The van der Waals surface area contributed by atoms with E-state index in [1.807, 2.05) is 26.0 Å². The maximum absolute atomic E-state index is 13.1. The van der Waals surface area contributed by atoms with E-state index in [0.717, 1.165) is 5.56 Å². The first-order chi connectivity index (χ1) is 16.2. The molecule has 0 aromatic heterocycles. The third-order valence-electron chi connectivity index (χ3n) is 5.07. The highest BCUT2D eigenvalue weighted by Crippen LogP contribution is 2.30. The van der Waals surface area contributed by atoms with Gasteiger partial charge in [-0.15, -0.1) is 0 Å². The minimum absolute atomic E-state index is 0.0199. The van der Waals surface area contributed by atoms with Crippen molar-refractivity contribution in [1.82, 2.24) is 10.2 Å². The molecule has 0 saturated heterocycles. The molecule has 184 valence electrons. The lowest BCUT2D eigenvalue weighted by Gasteiger charge is -2.29. The van der Waals surface area contributed by atoms with Gasteiger partial charge in [0.05, 0.1) is 19.1 Å². The molecule has 0 aliphatic carbocycles. The van der Waals surface area contributed by atoms with E-state index in [0.29, 0.717) is 12.3 Å². The summed E-state index contributed by atoms with van der Waals surface area (Å²) in [6, 6.07) is 10.4. The van der Waals surface area contributed by atoms with Gasteiger partial charge in [-0.25, -0.2) is 0 Å². The van der Waals surface area contributed by atoms with Gasteiger partial charge in [0.15, 0.2) is 6.61 Å². The number of nitro benzene ring substituents is 1. The molecule has 0 spiro atoms. The fourth-order valence-electron chi connectivity index (χ4n) is 3.09. The number of benzene rings is 2. The van der Waals surface area contributed by atoms with Crippen molar-refractivity contribution < 1.29 is 28.7 Å². The number of carbonyl (C=O) groups excluding carboxylic acids is 2. The highest BCUT2D eigenvalue weighted by atomic mass is 16.6. The zero-order chi connectivity index (χ0) is 25.3. The van der Waals surface area contributed by atoms with Gasteiger partial charge < -0.3 is 24.4 Å². The fourth-order valence-corrected chi connectivity index (χ4v) is 3.09. The topological polar surface area (TPSA) is 120 Å². The van der Waals surface area contributed by atoms with E-state index >= 15 is 0 Å². The van der Waals surface area contributed by atoms with E-state index in [1.54, 1.807) is 26.2 Å². The number of nitrogens with one attached hydrogen (secondary N) is 1. The van der Waals surface area contributed by atoms with Crippen LogP contribution in [0, 0.1) is 16.0 Å². The third kappa shape index (κ3) is 7.36. The Labute approximate surface area is 198 Å². The average Bonchev–Trinajstić information content (AvgIpc) is 2.83. The Kier molecular flexibility index (Phi) is 9.66. The minimum atomic E-state index is -0.747. The maximum Gasteiger partial charge on any atom is 0.311 e. The smallest absolute Gasteiger partial charge is 0.311 e. The zero-order valence-corrected chi connectivity index (χ0v) is 20.1. The summed E-state index contributed by atoms with van der Waals surface area (Å²) in [5.41, 5.74) is 0.604. The molecule has 10 nitrogen and oxygen atoms in total. The van der Waals surface area contributed by atoms with Gasteiger partial charge in [0, 0.05) is 25.2 Å². The molecule has 2 aromatic carbocycles. The van der Waals surface area contributed by atoms with Crippen molar-refractivity contribution in [2.45, 2.75) is 33.4 Å². The predicted molar refractivity (Wildman–Crippen MR) is 126 cm³/mol. The van der Waals surface area contributed by atoms with Crippen LogP contribution in [0.15, 0.2) is 42.5 Å². The standard InChI is InChI=1S/C24H31N3O7/c1-16(2)13-25-24(29)17(3)26(14-18-6-8-19(32-4)9-7-18)23(28)15-34-20-10-11-21(27(30)31)22(12-20)33-5/h6-12,16-17H,13-15H2,1-5H3,(H,25,29)/t17-/m0/s1. The molecular weight excluding hydrogens is 442 g/mol. The normalized spacial score (nSPS) is 11.5. The molecule has 0 fully saturated rings. The Bertz CT molecular complexity index is 993. The number of hydrogen-bond acceptors (Lipinski definition) is 7. The average molecular weight is 474 g/mol. The quantitative estimate of drug-likeness (QED) is 0.371. The molecule has 1 atom stereocenters. The predicted octanol–water partition coefficient (Wildman–Crippen LogP) is 3.18. The molecule has 2 amide bonds. The minimum Gasteiger partial charge on any atom is -0.497 e. The van der Waals surface area contributed by atoms with Gasteiger partial charge in [-0.05, 0) is 36.6 Å². The summed E-state index contributed by atoms with van der Waals surface area (Å²) >= 11 is 0. The van der Waals surface area contributed by atoms with Gasteiger partial charge in [-0.1, -0.05) is 26.0 Å². The third-order valence-corrected chi connectivity index (χ3v) is 5.07. The van der Waals surface area contributed by atoms with Gasteiger partial charge in [0.25, 0.3) is 5.91 Å². The molecule has 0 unspecified atom stereocenters. The van der Waals surface area contributed by atoms with E-state index in [-0.39, 0.29) is 42.2 Å². The van der Waals surface area contributed by atoms with Crippen LogP contribution in [0.25, 0.3) is 0 Å². The summed E-state index contributed by atoms with van der Waals surface area (Å²) in [5, 5.41) is 13.9. The maximum atomic E-state index is 13.1. The summed E-state index contributed by atoms with van der Waals surface area (Å²) < 4.78 is 15.8. The van der Waals surface area contributed by atoms with Crippen molar-refractivity contribution in [1.29, 1.82) is 0 Å². The van der Waals surface area contributed by atoms with E-state index in [9.17, 15) is 19.7 Å². The Morgan fingerprint density at radius 2 is 1.68 bits per heavy atom. The van der Waals surface area contributed by atoms with Crippen LogP contribution in [0.2, 0.25) is 0 Å². The summed E-state index contributed by atoms with van der Waals surface area (Å²) in [7, 11) is 2.88. The molecule has 2 rings (SSSR count). The molecular formula is C24H31N3O7. The van der Waals surface area contributed by atoms with Crippen molar-refractivity contribution in [3.8, 4) is 17.2 Å². The largest absolute Gasteiger partial charge is 0.497 e. The van der Waals surface area contributed by atoms with Gasteiger partial charge in [-0.3, -0.25) is 19.7 Å². The van der Waals surface area contributed by atoms with Crippen LogP contribution in [-0.4, -0.2) is 55.1 Å². The molecule has 34 heavy (non-hydrogen) atoms. The summed E-state index contributed by atoms with van der Waals surface area (Å²) in [4.78, 5) is 37.7. The van der Waals surface area contributed by atoms with Crippen LogP contribution in [0.4, 0.5) is 5.69 Å². The first-order valence-electron chi connectivity index (χ1n) is 10.8. The van der Waals surface area contributed by atoms with Gasteiger partial charge in [0.2, 0.25) is 11.7 Å². The summed E-state index contributed by atoms with van der Waals surface area (Å²) in [6.45, 7) is 5.94. The molecule has 0 aliphatic rings. The highest BCUT2D eigenvalue weighted by molar-refractivity contribution is 5.88. The second-order valence-electron chi connectivity index (χ2n) is 8.06. The Balaban J connectivity index is 2.18. The lowest BCUT2D eigenvalue weighted by Crippen LogP contribution is -2.49. The van der Waals surface area contributed by atoms with E-state index in [1.165, 1.54) is 30.2 Å². The molecule has 10 heteroatoms. The van der Waals surface area contributed by atoms with Gasteiger partial charge in [0.1, 0.15) is 17.5 Å². The van der Waals surface area contributed by atoms with Crippen molar-refractivity contribution >= 4 is 17.5 Å². The first-order valence-corrected chi connectivity index (χ1v) is 10.8. The first kappa shape index (κ1) is 26.4. The molecule has 0 saturated carbocycles. The fraction of sp³-hybridized carbons (Fsp3) is 0.417.